The van der Waals surface area contributed by atoms with Crippen molar-refractivity contribution < 1.29 is 14.7 Å². The van der Waals surface area contributed by atoms with Crippen molar-refractivity contribution in [2.24, 2.45) is 5.73 Å². The Bertz CT molecular complexity index is 976. The fraction of sp³-hybridized carbons (Fsp3) is 0.0476. The summed E-state index contributed by atoms with van der Waals surface area (Å²) < 4.78 is 0. The van der Waals surface area contributed by atoms with Crippen LogP contribution in [0, 0.1) is 0 Å². The maximum Gasteiger partial charge on any atom is 0.251 e. The van der Waals surface area contributed by atoms with Gasteiger partial charge < -0.3 is 16.2 Å². The van der Waals surface area contributed by atoms with E-state index in [0.717, 1.165) is 16.0 Å². The van der Waals surface area contributed by atoms with E-state index >= 15 is 0 Å². The summed E-state index contributed by atoms with van der Waals surface area (Å²) >= 11 is 1.33. The molecule has 0 saturated carbocycles. The second-order valence-corrected chi connectivity index (χ2v) is 7.03. The highest BCUT2D eigenvalue weighted by Crippen LogP contribution is 2.29. The van der Waals surface area contributed by atoms with Gasteiger partial charge in [0.05, 0.1) is 5.56 Å². The highest BCUT2D eigenvalue weighted by Gasteiger charge is 2.15. The number of carbonyl (C=O) groups excluding carboxylic acids is 2. The number of benzene rings is 2. The Hall–Kier alpha value is -3.38. The second-order valence-electron chi connectivity index (χ2n) is 5.90. The zero-order valence-electron chi connectivity index (χ0n) is 14.4. The first-order valence-electron chi connectivity index (χ1n) is 8.26. The van der Waals surface area contributed by atoms with Gasteiger partial charge in [0, 0.05) is 17.4 Å². The largest absolute Gasteiger partial charge is 0.508 e. The highest BCUT2D eigenvalue weighted by molar-refractivity contribution is 7.16. The minimum absolute atomic E-state index is 0.159. The van der Waals surface area contributed by atoms with Crippen molar-refractivity contribution in [1.82, 2.24) is 0 Å². The van der Waals surface area contributed by atoms with Gasteiger partial charge in [-0.15, -0.1) is 11.3 Å². The third kappa shape index (κ3) is 5.05. The fourth-order valence-electron chi connectivity index (χ4n) is 2.51. The van der Waals surface area contributed by atoms with E-state index in [1.54, 1.807) is 24.3 Å². The SMILES string of the molecule is NC(=O)c1cc(Cc2ccccc2)sc1NC(=O)C=Cc1ccc(O)cc1. The Morgan fingerprint density at radius 1 is 1.07 bits per heavy atom. The molecule has 1 aromatic heterocycles. The number of hydrogen-bond donors (Lipinski definition) is 3. The third-order valence-electron chi connectivity index (χ3n) is 3.83. The lowest BCUT2D eigenvalue weighted by Gasteiger charge is -2.01. The fourth-order valence-corrected chi connectivity index (χ4v) is 3.61. The van der Waals surface area contributed by atoms with Gasteiger partial charge in [-0.1, -0.05) is 42.5 Å². The number of nitrogens with one attached hydrogen (secondary N) is 1. The smallest absolute Gasteiger partial charge is 0.251 e. The van der Waals surface area contributed by atoms with Gasteiger partial charge in [-0.3, -0.25) is 9.59 Å². The lowest BCUT2D eigenvalue weighted by atomic mass is 10.1. The summed E-state index contributed by atoms with van der Waals surface area (Å²) in [5.41, 5.74) is 7.64. The molecule has 136 valence electrons. The van der Waals surface area contributed by atoms with Crippen molar-refractivity contribution in [2.75, 3.05) is 5.32 Å². The molecule has 6 heteroatoms. The van der Waals surface area contributed by atoms with Crippen molar-refractivity contribution in [3.63, 3.8) is 0 Å². The predicted octanol–water partition coefficient (Wildman–Crippen LogP) is 3.80. The average molecular weight is 378 g/mol. The number of anilines is 1. The molecule has 0 atom stereocenters. The van der Waals surface area contributed by atoms with Gasteiger partial charge in [0.1, 0.15) is 10.8 Å². The van der Waals surface area contributed by atoms with Crippen LogP contribution >= 0.6 is 11.3 Å². The van der Waals surface area contributed by atoms with Crippen LogP contribution in [0.5, 0.6) is 5.75 Å². The number of primary amides is 1. The molecule has 27 heavy (non-hydrogen) atoms. The van der Waals surface area contributed by atoms with E-state index in [1.807, 2.05) is 30.3 Å². The van der Waals surface area contributed by atoms with Crippen molar-refractivity contribution in [3.05, 3.63) is 88.3 Å². The highest BCUT2D eigenvalue weighted by atomic mass is 32.1. The molecule has 2 aromatic carbocycles. The molecular formula is C21H18N2O3S. The first-order valence-corrected chi connectivity index (χ1v) is 9.07. The molecule has 0 unspecified atom stereocenters. The molecule has 3 rings (SSSR count). The summed E-state index contributed by atoms with van der Waals surface area (Å²) in [5, 5.41) is 12.4. The number of phenols is 1. The quantitative estimate of drug-likeness (QED) is 0.570. The summed E-state index contributed by atoms with van der Waals surface area (Å²) in [5.74, 6) is -0.783. The zero-order valence-corrected chi connectivity index (χ0v) is 15.2. The molecule has 0 spiro atoms. The number of amides is 2. The zero-order chi connectivity index (χ0) is 19.2. The van der Waals surface area contributed by atoms with E-state index in [2.05, 4.69) is 5.32 Å². The van der Waals surface area contributed by atoms with Gasteiger partial charge in [0.25, 0.3) is 5.91 Å². The van der Waals surface area contributed by atoms with Gasteiger partial charge in [-0.05, 0) is 35.4 Å². The molecule has 0 saturated heterocycles. The van der Waals surface area contributed by atoms with Crippen LogP contribution in [-0.2, 0) is 11.2 Å². The maximum atomic E-state index is 12.2. The lowest BCUT2D eigenvalue weighted by Crippen LogP contribution is -2.14. The van der Waals surface area contributed by atoms with Crippen molar-refractivity contribution in [3.8, 4) is 5.75 Å². The van der Waals surface area contributed by atoms with Gasteiger partial charge >= 0.3 is 0 Å². The first-order chi connectivity index (χ1) is 13.0. The maximum absolute atomic E-state index is 12.2. The van der Waals surface area contributed by atoms with E-state index in [9.17, 15) is 14.7 Å². The van der Waals surface area contributed by atoms with Gasteiger partial charge in [0.15, 0.2) is 0 Å². The summed E-state index contributed by atoms with van der Waals surface area (Å²) in [6.07, 6.45) is 3.65. The Balaban J connectivity index is 1.73. The van der Waals surface area contributed by atoms with Crippen LogP contribution in [0.1, 0.15) is 26.4 Å². The first kappa shape index (κ1) is 18.4. The summed E-state index contributed by atoms with van der Waals surface area (Å²) in [4.78, 5) is 24.9. The Morgan fingerprint density at radius 3 is 2.44 bits per heavy atom. The van der Waals surface area contributed by atoms with E-state index in [-0.39, 0.29) is 11.7 Å². The molecule has 0 bridgehead atoms. The minimum atomic E-state index is -0.580. The molecule has 4 N–H and O–H groups in total. The van der Waals surface area contributed by atoms with E-state index in [0.29, 0.717) is 17.0 Å². The molecular weight excluding hydrogens is 360 g/mol. The van der Waals surface area contributed by atoms with Crippen LogP contribution in [0.4, 0.5) is 5.00 Å². The van der Waals surface area contributed by atoms with Gasteiger partial charge in [-0.2, -0.15) is 0 Å². The van der Waals surface area contributed by atoms with Crippen LogP contribution in [0.2, 0.25) is 0 Å². The summed E-state index contributed by atoms with van der Waals surface area (Å²) in [6, 6.07) is 18.0. The number of hydrogen-bond acceptors (Lipinski definition) is 4. The lowest BCUT2D eigenvalue weighted by molar-refractivity contribution is -0.111. The minimum Gasteiger partial charge on any atom is -0.508 e. The van der Waals surface area contributed by atoms with Gasteiger partial charge in [-0.25, -0.2) is 0 Å². The number of thiophene rings is 1. The van der Waals surface area contributed by atoms with Gasteiger partial charge in [0.2, 0.25) is 5.91 Å². The van der Waals surface area contributed by atoms with Crippen LogP contribution in [0.25, 0.3) is 6.08 Å². The van der Waals surface area contributed by atoms with Crippen LogP contribution < -0.4 is 11.1 Å². The van der Waals surface area contributed by atoms with Crippen molar-refractivity contribution in [2.45, 2.75) is 6.42 Å². The average Bonchev–Trinajstić information content (AvgIpc) is 3.04. The summed E-state index contributed by atoms with van der Waals surface area (Å²) in [7, 11) is 0. The normalized spacial score (nSPS) is 10.8. The van der Waals surface area contributed by atoms with E-state index in [4.69, 9.17) is 5.73 Å². The van der Waals surface area contributed by atoms with E-state index in [1.165, 1.54) is 29.5 Å². The molecule has 5 nitrogen and oxygen atoms in total. The monoisotopic (exact) mass is 378 g/mol. The standard InChI is InChI=1S/C21H18N2O3S/c22-20(26)18-13-17(12-15-4-2-1-3-5-15)27-21(18)23-19(25)11-8-14-6-9-16(24)10-7-14/h1-11,13,24H,12H2,(H2,22,26)(H,23,25). The summed E-state index contributed by atoms with van der Waals surface area (Å²) in [6.45, 7) is 0. The van der Waals surface area contributed by atoms with Crippen LogP contribution in [0.3, 0.4) is 0 Å². The van der Waals surface area contributed by atoms with E-state index < -0.39 is 5.91 Å². The Morgan fingerprint density at radius 2 is 1.78 bits per heavy atom. The molecule has 0 aliphatic carbocycles. The topological polar surface area (TPSA) is 92.4 Å². The molecule has 0 aliphatic heterocycles. The molecule has 0 aliphatic rings. The third-order valence-corrected chi connectivity index (χ3v) is 4.88. The van der Waals surface area contributed by atoms with Crippen molar-refractivity contribution in [1.29, 1.82) is 0 Å². The van der Waals surface area contributed by atoms with Crippen LogP contribution in [0.15, 0.2) is 66.7 Å². The Labute approximate surface area is 160 Å². The predicted molar refractivity (Wildman–Crippen MR) is 108 cm³/mol. The molecule has 2 amide bonds. The molecule has 1 heterocycles. The molecule has 0 radical (unpaired) electrons. The Kier molecular flexibility index (Phi) is 5.68. The molecule has 0 fully saturated rings. The number of aromatic hydroxyl groups is 1. The number of phenolic OH excluding ortho intramolecular Hbond substituents is 1. The number of carbonyl (C=O) groups is 2. The molecule has 3 aromatic rings. The number of nitrogens with two attached hydrogens (primary N) is 1. The van der Waals surface area contributed by atoms with Crippen LogP contribution in [-0.4, -0.2) is 16.9 Å². The van der Waals surface area contributed by atoms with Crippen molar-refractivity contribution >= 4 is 34.2 Å². The number of rotatable bonds is 6. The second kappa shape index (κ2) is 8.33.